The molecule has 0 saturated carbocycles. The van der Waals surface area contributed by atoms with Gasteiger partial charge < -0.3 is 4.74 Å². The Kier molecular flexibility index (Phi) is 5.73. The van der Waals surface area contributed by atoms with Crippen molar-refractivity contribution >= 4 is 11.7 Å². The van der Waals surface area contributed by atoms with Gasteiger partial charge >= 0.3 is 5.97 Å². The zero-order valence-electron chi connectivity index (χ0n) is 13.5. The van der Waals surface area contributed by atoms with Crippen LogP contribution in [0, 0.1) is 11.6 Å². The van der Waals surface area contributed by atoms with Gasteiger partial charge in [0.2, 0.25) is 0 Å². The molecule has 0 bridgehead atoms. The SMILES string of the molecule is CC(=O)OC[C@](C)(Cc1ccc(F)cc1)N=Nc1ccc(F)cc1. The van der Waals surface area contributed by atoms with Crippen molar-refractivity contribution in [2.24, 2.45) is 10.2 Å². The Bertz CT molecular complexity index is 715. The smallest absolute Gasteiger partial charge is 0.302 e. The van der Waals surface area contributed by atoms with Gasteiger partial charge in [-0.3, -0.25) is 4.79 Å². The summed E-state index contributed by atoms with van der Waals surface area (Å²) >= 11 is 0. The Balaban J connectivity index is 2.19. The van der Waals surface area contributed by atoms with E-state index in [0.717, 1.165) is 5.56 Å². The summed E-state index contributed by atoms with van der Waals surface area (Å²) in [6.45, 7) is 3.13. The fraction of sp³-hybridized carbons (Fsp3) is 0.278. The second-order valence-electron chi connectivity index (χ2n) is 5.76. The molecule has 0 heterocycles. The minimum absolute atomic E-state index is 0.0321. The van der Waals surface area contributed by atoms with Crippen LogP contribution in [-0.2, 0) is 16.0 Å². The Morgan fingerprint density at radius 3 is 2.12 bits per heavy atom. The van der Waals surface area contributed by atoms with E-state index < -0.39 is 11.5 Å². The Morgan fingerprint density at radius 1 is 1.04 bits per heavy atom. The number of carbonyl (C=O) groups excluding carboxylic acids is 1. The van der Waals surface area contributed by atoms with Gasteiger partial charge in [0.15, 0.2) is 0 Å². The normalized spacial score (nSPS) is 13.7. The first-order chi connectivity index (χ1) is 11.4. The molecule has 2 aromatic rings. The van der Waals surface area contributed by atoms with E-state index in [2.05, 4.69) is 10.2 Å². The van der Waals surface area contributed by atoms with Crippen LogP contribution in [0.2, 0.25) is 0 Å². The van der Waals surface area contributed by atoms with Gasteiger partial charge in [0.1, 0.15) is 23.8 Å². The van der Waals surface area contributed by atoms with Gasteiger partial charge in [-0.1, -0.05) is 12.1 Å². The molecule has 126 valence electrons. The first-order valence-corrected chi connectivity index (χ1v) is 7.43. The molecule has 4 nitrogen and oxygen atoms in total. The van der Waals surface area contributed by atoms with Crippen molar-refractivity contribution in [3.05, 3.63) is 65.7 Å². The Hall–Kier alpha value is -2.63. The topological polar surface area (TPSA) is 51.0 Å². The van der Waals surface area contributed by atoms with E-state index in [1.807, 2.05) is 0 Å². The molecule has 1 atom stereocenters. The number of azo groups is 1. The number of hydrogen-bond donors (Lipinski definition) is 0. The summed E-state index contributed by atoms with van der Waals surface area (Å²) in [5.41, 5.74) is 0.506. The molecule has 2 aromatic carbocycles. The third-order valence-electron chi connectivity index (χ3n) is 3.32. The summed E-state index contributed by atoms with van der Waals surface area (Å²) in [6.07, 6.45) is 0.408. The lowest BCUT2D eigenvalue weighted by Gasteiger charge is -2.23. The number of carbonyl (C=O) groups is 1. The second-order valence-corrected chi connectivity index (χ2v) is 5.76. The second kappa shape index (κ2) is 7.77. The van der Waals surface area contributed by atoms with Crippen LogP contribution in [0.5, 0.6) is 0 Å². The van der Waals surface area contributed by atoms with Gasteiger partial charge in [0.25, 0.3) is 0 Å². The van der Waals surface area contributed by atoms with Gasteiger partial charge in [0, 0.05) is 13.3 Å². The highest BCUT2D eigenvalue weighted by Gasteiger charge is 2.26. The maximum atomic E-state index is 13.0. The van der Waals surface area contributed by atoms with Crippen molar-refractivity contribution in [2.45, 2.75) is 25.8 Å². The highest BCUT2D eigenvalue weighted by molar-refractivity contribution is 5.66. The lowest BCUT2D eigenvalue weighted by atomic mass is 9.94. The number of halogens is 2. The van der Waals surface area contributed by atoms with Gasteiger partial charge in [-0.25, -0.2) is 8.78 Å². The summed E-state index contributed by atoms with van der Waals surface area (Å²) in [5.74, 6) is -1.10. The van der Waals surface area contributed by atoms with Crippen LogP contribution in [0.3, 0.4) is 0 Å². The summed E-state index contributed by atoms with van der Waals surface area (Å²) in [4.78, 5) is 11.1. The van der Waals surface area contributed by atoms with Crippen LogP contribution < -0.4 is 0 Å². The lowest BCUT2D eigenvalue weighted by molar-refractivity contribution is -0.142. The molecule has 0 amide bonds. The number of nitrogens with zero attached hydrogens (tertiary/aromatic N) is 2. The van der Waals surface area contributed by atoms with Crippen LogP contribution in [0.1, 0.15) is 19.4 Å². The van der Waals surface area contributed by atoms with E-state index in [0.29, 0.717) is 12.1 Å². The molecule has 2 rings (SSSR count). The molecular formula is C18H18F2N2O2. The fourth-order valence-electron chi connectivity index (χ4n) is 2.10. The molecule has 0 aliphatic rings. The van der Waals surface area contributed by atoms with E-state index in [-0.39, 0.29) is 18.2 Å². The Labute approximate surface area is 139 Å². The van der Waals surface area contributed by atoms with Crippen molar-refractivity contribution in [3.63, 3.8) is 0 Å². The minimum atomic E-state index is -0.822. The first kappa shape index (κ1) is 17.7. The largest absolute Gasteiger partial charge is 0.463 e. The minimum Gasteiger partial charge on any atom is -0.463 e. The summed E-state index contributed by atoms with van der Waals surface area (Å²) < 4.78 is 31.0. The summed E-state index contributed by atoms with van der Waals surface area (Å²) in [7, 11) is 0. The molecule has 0 spiro atoms. The lowest BCUT2D eigenvalue weighted by Crippen LogP contribution is -2.32. The molecule has 0 fully saturated rings. The van der Waals surface area contributed by atoms with E-state index in [1.165, 1.54) is 43.3 Å². The summed E-state index contributed by atoms with van der Waals surface area (Å²) in [5, 5.41) is 8.38. The highest BCUT2D eigenvalue weighted by Crippen LogP contribution is 2.22. The predicted molar refractivity (Wildman–Crippen MR) is 86.1 cm³/mol. The van der Waals surface area contributed by atoms with Crippen molar-refractivity contribution in [3.8, 4) is 0 Å². The third kappa shape index (κ3) is 5.53. The molecule has 6 heteroatoms. The first-order valence-electron chi connectivity index (χ1n) is 7.43. The van der Waals surface area contributed by atoms with Crippen LogP contribution in [0.15, 0.2) is 58.8 Å². The molecule has 0 N–H and O–H groups in total. The van der Waals surface area contributed by atoms with E-state index >= 15 is 0 Å². The van der Waals surface area contributed by atoms with E-state index in [9.17, 15) is 13.6 Å². The highest BCUT2D eigenvalue weighted by atomic mass is 19.1. The average molecular weight is 332 g/mol. The standard InChI is InChI=1S/C18H18F2N2O2/c1-13(23)24-12-18(2,11-14-3-5-15(19)6-4-14)22-21-17-9-7-16(20)8-10-17/h3-10H,11-12H2,1-2H3/t18-/m0/s1. The van der Waals surface area contributed by atoms with Gasteiger partial charge in [-0.15, -0.1) is 0 Å². The zero-order valence-corrected chi connectivity index (χ0v) is 13.5. The summed E-state index contributed by atoms with van der Waals surface area (Å²) in [6, 6.07) is 11.6. The van der Waals surface area contributed by atoms with Crippen LogP contribution in [-0.4, -0.2) is 18.1 Å². The third-order valence-corrected chi connectivity index (χ3v) is 3.32. The monoisotopic (exact) mass is 332 g/mol. The van der Waals surface area contributed by atoms with E-state index in [1.54, 1.807) is 19.1 Å². The molecule has 0 unspecified atom stereocenters. The number of hydrogen-bond acceptors (Lipinski definition) is 4. The molecule has 0 aliphatic heterocycles. The van der Waals surface area contributed by atoms with Gasteiger partial charge in [-0.2, -0.15) is 10.2 Å². The molecular weight excluding hydrogens is 314 g/mol. The van der Waals surface area contributed by atoms with Crippen LogP contribution in [0.25, 0.3) is 0 Å². The molecule has 0 radical (unpaired) electrons. The molecule has 24 heavy (non-hydrogen) atoms. The van der Waals surface area contributed by atoms with Gasteiger partial charge in [0.05, 0.1) is 5.69 Å². The molecule has 0 aromatic heterocycles. The van der Waals surface area contributed by atoms with Crippen molar-refractivity contribution < 1.29 is 18.3 Å². The van der Waals surface area contributed by atoms with Crippen molar-refractivity contribution in [2.75, 3.05) is 6.61 Å². The maximum Gasteiger partial charge on any atom is 0.302 e. The molecule has 0 aliphatic carbocycles. The number of rotatable bonds is 6. The molecule has 0 saturated heterocycles. The number of esters is 1. The quantitative estimate of drug-likeness (QED) is 0.573. The van der Waals surface area contributed by atoms with Crippen molar-refractivity contribution in [1.82, 2.24) is 0 Å². The fourth-order valence-corrected chi connectivity index (χ4v) is 2.10. The predicted octanol–water partition coefficient (Wildman–Crippen LogP) is 4.61. The average Bonchev–Trinajstić information content (AvgIpc) is 2.55. The zero-order chi connectivity index (χ0) is 17.6. The van der Waals surface area contributed by atoms with Crippen molar-refractivity contribution in [1.29, 1.82) is 0 Å². The Morgan fingerprint density at radius 2 is 1.58 bits per heavy atom. The maximum absolute atomic E-state index is 13.0. The van der Waals surface area contributed by atoms with Crippen LogP contribution in [0.4, 0.5) is 14.5 Å². The van der Waals surface area contributed by atoms with E-state index in [4.69, 9.17) is 4.74 Å². The number of benzene rings is 2. The van der Waals surface area contributed by atoms with Gasteiger partial charge in [-0.05, 0) is 48.9 Å². The number of ether oxygens (including phenoxy) is 1. The van der Waals surface area contributed by atoms with Crippen LogP contribution >= 0.6 is 0 Å².